The summed E-state index contributed by atoms with van der Waals surface area (Å²) in [4.78, 5) is 17.5. The number of sulfonamides is 1. The molecule has 40 heavy (non-hydrogen) atoms. The topological polar surface area (TPSA) is 142 Å². The van der Waals surface area contributed by atoms with Crippen LogP contribution in [-0.4, -0.2) is 34.3 Å². The lowest BCUT2D eigenvalue weighted by Gasteiger charge is -2.18. The number of carbonyl (C=O) groups is 1. The van der Waals surface area contributed by atoms with Gasteiger partial charge in [0.15, 0.2) is 0 Å². The van der Waals surface area contributed by atoms with Gasteiger partial charge in [0.25, 0.3) is 10.0 Å². The second kappa shape index (κ2) is 11.5. The Morgan fingerprint density at radius 1 is 1.10 bits per heavy atom. The van der Waals surface area contributed by atoms with E-state index in [0.717, 1.165) is 33.6 Å². The van der Waals surface area contributed by atoms with Crippen LogP contribution in [0.4, 0.5) is 0 Å². The number of hydrogen-bond acceptors (Lipinski definition) is 8. The highest BCUT2D eigenvalue weighted by molar-refractivity contribution is 7.91. The van der Waals surface area contributed by atoms with Crippen LogP contribution in [-0.2, 0) is 34.4 Å². The average Bonchev–Trinajstić information content (AvgIpc) is 3.58. The summed E-state index contributed by atoms with van der Waals surface area (Å²) in [6.45, 7) is 4.57. The quantitative estimate of drug-likeness (QED) is 0.257. The first-order valence-electron chi connectivity index (χ1n) is 12.5. The molecule has 5 rings (SSSR count). The van der Waals surface area contributed by atoms with Gasteiger partial charge in [0.05, 0.1) is 16.4 Å². The lowest BCUT2D eigenvalue weighted by molar-refractivity contribution is -0.124. The molecule has 0 aliphatic carbocycles. The summed E-state index contributed by atoms with van der Waals surface area (Å²) in [6, 6.07) is 20.4. The standard InChI is InChI=1S/C28H28N6O4S2/c1-18-8-9-19(2)21(12-18)15-30-27(35)25(13-20-6-4-3-5-7-20)34-16-22(32-33-34)17-38-23-10-11-24-26(14-23)39-28(31-24)40(29,36)37/h3-12,14,16,25H,13,15,17H2,1-2H3,(H,30,35)(H2,29,36,37)/t25-/m0/s1. The van der Waals surface area contributed by atoms with Crippen LogP contribution in [0, 0.1) is 13.8 Å². The molecular formula is C28H28N6O4S2. The normalized spacial score (nSPS) is 12.4. The molecule has 0 saturated carbocycles. The Balaban J connectivity index is 1.30. The number of rotatable bonds is 10. The van der Waals surface area contributed by atoms with Gasteiger partial charge in [-0.05, 0) is 48.7 Å². The van der Waals surface area contributed by atoms with Crippen molar-refractivity contribution in [3.05, 3.63) is 101 Å². The van der Waals surface area contributed by atoms with Crippen LogP contribution in [0.15, 0.2) is 77.3 Å². The molecule has 0 aliphatic rings. The number of hydrogen-bond donors (Lipinski definition) is 2. The summed E-state index contributed by atoms with van der Waals surface area (Å²) in [5.41, 5.74) is 5.37. The van der Waals surface area contributed by atoms with Crippen molar-refractivity contribution >= 4 is 37.5 Å². The van der Waals surface area contributed by atoms with E-state index in [-0.39, 0.29) is 16.9 Å². The summed E-state index contributed by atoms with van der Waals surface area (Å²) in [5, 5.41) is 16.7. The Labute approximate surface area is 235 Å². The van der Waals surface area contributed by atoms with Gasteiger partial charge in [-0.3, -0.25) is 4.79 Å². The van der Waals surface area contributed by atoms with Crippen molar-refractivity contribution < 1.29 is 17.9 Å². The third kappa shape index (κ3) is 6.53. The molecule has 3 aromatic carbocycles. The van der Waals surface area contributed by atoms with E-state index in [1.807, 2.05) is 50.2 Å². The molecule has 3 N–H and O–H groups in total. The number of fused-ring (bicyclic) bond motifs is 1. The fourth-order valence-corrected chi connectivity index (χ4v) is 5.90. The summed E-state index contributed by atoms with van der Waals surface area (Å²) >= 11 is 0.976. The maximum Gasteiger partial charge on any atom is 0.265 e. The van der Waals surface area contributed by atoms with E-state index in [1.165, 1.54) is 0 Å². The molecule has 10 nitrogen and oxygen atoms in total. The number of amides is 1. The van der Waals surface area contributed by atoms with E-state index in [2.05, 4.69) is 32.7 Å². The molecule has 0 bridgehead atoms. The molecule has 0 spiro atoms. The lowest BCUT2D eigenvalue weighted by Crippen LogP contribution is -2.34. The molecule has 2 heterocycles. The summed E-state index contributed by atoms with van der Waals surface area (Å²) < 4.78 is 31.1. The van der Waals surface area contributed by atoms with Gasteiger partial charge in [0, 0.05) is 13.0 Å². The summed E-state index contributed by atoms with van der Waals surface area (Å²) in [7, 11) is -3.88. The van der Waals surface area contributed by atoms with Crippen LogP contribution in [0.25, 0.3) is 10.2 Å². The number of ether oxygens (including phenoxy) is 1. The fraction of sp³-hybridized carbons (Fsp3) is 0.214. The number of nitrogens with zero attached hydrogens (tertiary/aromatic N) is 4. The highest BCUT2D eigenvalue weighted by Gasteiger charge is 2.23. The first kappa shape index (κ1) is 27.4. The number of aromatic nitrogens is 4. The van der Waals surface area contributed by atoms with Crippen LogP contribution in [0.1, 0.15) is 34.0 Å². The van der Waals surface area contributed by atoms with E-state index < -0.39 is 16.1 Å². The second-order valence-electron chi connectivity index (χ2n) is 9.49. The Kier molecular flexibility index (Phi) is 7.92. The van der Waals surface area contributed by atoms with Gasteiger partial charge < -0.3 is 10.1 Å². The third-order valence-corrected chi connectivity index (χ3v) is 8.72. The zero-order valence-electron chi connectivity index (χ0n) is 21.9. The number of nitrogens with one attached hydrogen (secondary N) is 1. The number of aryl methyl sites for hydroxylation is 2. The molecule has 206 valence electrons. The smallest absolute Gasteiger partial charge is 0.265 e. The molecule has 0 aliphatic heterocycles. The van der Waals surface area contributed by atoms with Crippen molar-refractivity contribution in [1.29, 1.82) is 0 Å². The average molecular weight is 577 g/mol. The summed E-state index contributed by atoms with van der Waals surface area (Å²) in [5.74, 6) is 0.349. The Hall–Kier alpha value is -4.13. The van der Waals surface area contributed by atoms with Crippen LogP contribution in [0.2, 0.25) is 0 Å². The number of carbonyl (C=O) groups excluding carboxylic acids is 1. The second-order valence-corrected chi connectivity index (χ2v) is 12.3. The minimum Gasteiger partial charge on any atom is -0.487 e. The molecule has 0 saturated heterocycles. The van der Waals surface area contributed by atoms with Gasteiger partial charge in [0.1, 0.15) is 24.1 Å². The first-order valence-corrected chi connectivity index (χ1v) is 14.9. The number of thiazole rings is 1. The van der Waals surface area contributed by atoms with E-state index in [1.54, 1.807) is 29.1 Å². The zero-order chi connectivity index (χ0) is 28.3. The first-order chi connectivity index (χ1) is 19.2. The fourth-order valence-electron chi connectivity index (χ4n) is 4.22. The maximum atomic E-state index is 13.4. The molecule has 2 aromatic heterocycles. The lowest BCUT2D eigenvalue weighted by atomic mass is 10.0. The molecule has 1 amide bonds. The minimum atomic E-state index is -3.88. The van der Waals surface area contributed by atoms with Crippen molar-refractivity contribution in [3.63, 3.8) is 0 Å². The highest BCUT2D eigenvalue weighted by Crippen LogP contribution is 2.28. The van der Waals surface area contributed by atoms with Crippen molar-refractivity contribution in [3.8, 4) is 5.75 Å². The van der Waals surface area contributed by atoms with Crippen molar-refractivity contribution in [2.45, 2.75) is 43.8 Å². The maximum absolute atomic E-state index is 13.4. The Morgan fingerprint density at radius 2 is 1.90 bits per heavy atom. The van der Waals surface area contributed by atoms with Gasteiger partial charge in [-0.1, -0.05) is 59.3 Å². The predicted octanol–water partition coefficient (Wildman–Crippen LogP) is 3.83. The monoisotopic (exact) mass is 576 g/mol. The van der Waals surface area contributed by atoms with Crippen LogP contribution in [0.5, 0.6) is 5.75 Å². The van der Waals surface area contributed by atoms with Crippen molar-refractivity contribution in [2.24, 2.45) is 5.14 Å². The van der Waals surface area contributed by atoms with Crippen molar-refractivity contribution in [1.82, 2.24) is 25.3 Å². The molecule has 0 unspecified atom stereocenters. The van der Waals surface area contributed by atoms with E-state index in [0.29, 0.717) is 34.6 Å². The summed E-state index contributed by atoms with van der Waals surface area (Å²) in [6.07, 6.45) is 2.15. The number of primary sulfonamides is 1. The van der Waals surface area contributed by atoms with Gasteiger partial charge in [-0.25, -0.2) is 23.2 Å². The molecular weight excluding hydrogens is 548 g/mol. The third-order valence-electron chi connectivity index (χ3n) is 6.38. The molecule has 12 heteroatoms. The Morgan fingerprint density at radius 3 is 2.67 bits per heavy atom. The zero-order valence-corrected chi connectivity index (χ0v) is 23.6. The van der Waals surface area contributed by atoms with Gasteiger partial charge in [-0.15, -0.1) is 16.4 Å². The van der Waals surface area contributed by atoms with E-state index >= 15 is 0 Å². The predicted molar refractivity (Wildman–Crippen MR) is 152 cm³/mol. The molecule has 1 atom stereocenters. The van der Waals surface area contributed by atoms with Crippen LogP contribution in [0.3, 0.4) is 0 Å². The largest absolute Gasteiger partial charge is 0.487 e. The Bertz CT molecular complexity index is 1770. The molecule has 5 aromatic rings. The van der Waals surface area contributed by atoms with Crippen LogP contribution >= 0.6 is 11.3 Å². The SMILES string of the molecule is Cc1ccc(C)c(CNC(=O)[C@H](Cc2ccccc2)n2cc(COc3ccc4nc(S(N)(=O)=O)sc4c3)nn2)c1. The molecule has 0 fully saturated rings. The number of benzene rings is 3. The van der Waals surface area contributed by atoms with Gasteiger partial charge in [-0.2, -0.15) is 0 Å². The van der Waals surface area contributed by atoms with Crippen molar-refractivity contribution in [2.75, 3.05) is 0 Å². The minimum absolute atomic E-state index is 0.106. The molecule has 0 radical (unpaired) electrons. The number of nitrogens with two attached hydrogens (primary N) is 1. The van der Waals surface area contributed by atoms with Gasteiger partial charge >= 0.3 is 0 Å². The van der Waals surface area contributed by atoms with Crippen LogP contribution < -0.4 is 15.2 Å². The van der Waals surface area contributed by atoms with E-state index in [4.69, 9.17) is 9.88 Å². The van der Waals surface area contributed by atoms with Gasteiger partial charge in [0.2, 0.25) is 10.2 Å². The highest BCUT2D eigenvalue weighted by atomic mass is 32.2. The van der Waals surface area contributed by atoms with E-state index in [9.17, 15) is 13.2 Å².